The van der Waals surface area contributed by atoms with Crippen molar-refractivity contribution in [2.45, 2.75) is 45.6 Å². The van der Waals surface area contributed by atoms with Crippen molar-refractivity contribution in [3.8, 4) is 6.07 Å². The monoisotopic (exact) mass is 471 g/mol. The van der Waals surface area contributed by atoms with Crippen LogP contribution in [0.25, 0.3) is 0 Å². The highest BCUT2D eigenvalue weighted by molar-refractivity contribution is 7.90. The van der Waals surface area contributed by atoms with Crippen molar-refractivity contribution < 1.29 is 22.7 Å². The van der Waals surface area contributed by atoms with E-state index in [1.165, 1.54) is 18.4 Å². The molecule has 11 heteroatoms. The van der Waals surface area contributed by atoms with Crippen molar-refractivity contribution in [3.05, 3.63) is 40.7 Å². The minimum atomic E-state index is -3.49. The van der Waals surface area contributed by atoms with Gasteiger partial charge in [-0.25, -0.2) is 13.2 Å². The molecule has 33 heavy (non-hydrogen) atoms. The van der Waals surface area contributed by atoms with Crippen LogP contribution in [-0.4, -0.2) is 54.5 Å². The van der Waals surface area contributed by atoms with Gasteiger partial charge in [0, 0.05) is 24.5 Å². The van der Waals surface area contributed by atoms with E-state index in [4.69, 9.17) is 4.74 Å². The molecule has 1 N–H and O–H groups in total. The first-order valence-corrected chi connectivity index (χ1v) is 12.4. The molecule has 1 fully saturated rings. The maximum Gasteiger partial charge on any atom is 0.340 e. The summed E-state index contributed by atoms with van der Waals surface area (Å²) >= 11 is 0. The summed E-state index contributed by atoms with van der Waals surface area (Å²) in [6.07, 6.45) is 8.47. The minimum absolute atomic E-state index is 0.147. The van der Waals surface area contributed by atoms with Gasteiger partial charge in [-0.3, -0.25) is 4.79 Å². The van der Waals surface area contributed by atoms with Gasteiger partial charge in [-0.05, 0) is 44.4 Å². The van der Waals surface area contributed by atoms with Crippen LogP contribution in [0.4, 0.5) is 5.82 Å². The standard InChI is InChI=1S/C22H25N5O5S/c1-14-15(2)27(17-5-3-4-6-17)21(18(14)11-23)24-20(28)13-32-22(29)16-7-8-19-25-33(30,31)10-9-26(19)12-16/h7-8,12,17H,3-6,9-10,13H2,1-2H3,(H,24,28). The van der Waals surface area contributed by atoms with Gasteiger partial charge in [-0.1, -0.05) is 12.8 Å². The molecule has 174 valence electrons. The Bertz CT molecular complexity index is 1240. The third kappa shape index (κ3) is 4.57. The van der Waals surface area contributed by atoms with Crippen molar-refractivity contribution in [3.63, 3.8) is 0 Å². The Hall–Kier alpha value is -3.39. The van der Waals surface area contributed by atoms with Gasteiger partial charge in [0.25, 0.3) is 15.9 Å². The van der Waals surface area contributed by atoms with E-state index < -0.39 is 28.5 Å². The summed E-state index contributed by atoms with van der Waals surface area (Å²) in [5.41, 5.74) is 2.38. The van der Waals surface area contributed by atoms with Crippen molar-refractivity contribution in [2.24, 2.45) is 4.40 Å². The molecule has 0 radical (unpaired) electrons. The van der Waals surface area contributed by atoms with Crippen LogP contribution in [0, 0.1) is 25.2 Å². The Morgan fingerprint density at radius 3 is 2.70 bits per heavy atom. The Morgan fingerprint density at radius 1 is 1.27 bits per heavy atom. The van der Waals surface area contributed by atoms with E-state index in [-0.39, 0.29) is 29.7 Å². The van der Waals surface area contributed by atoms with Crippen LogP contribution in [0.2, 0.25) is 0 Å². The zero-order valence-corrected chi connectivity index (χ0v) is 19.3. The third-order valence-electron chi connectivity index (χ3n) is 6.21. The van der Waals surface area contributed by atoms with Gasteiger partial charge in [0.15, 0.2) is 6.61 Å². The fourth-order valence-corrected chi connectivity index (χ4v) is 5.38. The predicted octanol–water partition coefficient (Wildman–Crippen LogP) is 2.07. The molecule has 3 aliphatic rings. The number of esters is 1. The van der Waals surface area contributed by atoms with Gasteiger partial charge in [0.05, 0.1) is 16.9 Å². The smallest absolute Gasteiger partial charge is 0.340 e. The molecule has 4 rings (SSSR count). The second kappa shape index (κ2) is 8.86. The number of carbonyl (C=O) groups excluding carboxylic acids is 2. The number of ether oxygens (including phenoxy) is 1. The van der Waals surface area contributed by atoms with E-state index in [9.17, 15) is 23.3 Å². The summed E-state index contributed by atoms with van der Waals surface area (Å²) in [5, 5.41) is 12.4. The number of rotatable bonds is 5. The topological polar surface area (TPSA) is 134 Å². The number of nitrogens with zero attached hydrogens (tertiary/aromatic N) is 4. The number of fused-ring (bicyclic) bond motifs is 1. The average molecular weight is 472 g/mol. The van der Waals surface area contributed by atoms with Gasteiger partial charge in [0.2, 0.25) is 0 Å². The molecular formula is C22H25N5O5S. The lowest BCUT2D eigenvalue weighted by molar-refractivity contribution is -0.143. The lowest BCUT2D eigenvalue weighted by atomic mass is 10.2. The molecule has 0 unspecified atom stereocenters. The molecule has 0 aromatic carbocycles. The number of amides is 1. The normalized spacial score (nSPS) is 19.4. The van der Waals surface area contributed by atoms with Crippen molar-refractivity contribution in [1.82, 2.24) is 9.47 Å². The maximum absolute atomic E-state index is 12.6. The first-order valence-electron chi connectivity index (χ1n) is 10.8. The molecule has 0 atom stereocenters. The summed E-state index contributed by atoms with van der Waals surface area (Å²) in [6.45, 7) is 3.46. The van der Waals surface area contributed by atoms with E-state index in [2.05, 4.69) is 15.8 Å². The second-order valence-corrected chi connectivity index (χ2v) is 10.1. The molecule has 0 saturated heterocycles. The molecule has 1 saturated carbocycles. The predicted molar refractivity (Wildman–Crippen MR) is 121 cm³/mol. The number of anilines is 1. The quantitative estimate of drug-likeness (QED) is 0.650. The number of nitrogens with one attached hydrogen (secondary N) is 1. The molecule has 2 aliphatic heterocycles. The van der Waals surface area contributed by atoms with Crippen LogP contribution in [0.3, 0.4) is 0 Å². The zero-order chi connectivity index (χ0) is 23.8. The van der Waals surface area contributed by atoms with Gasteiger partial charge in [0.1, 0.15) is 17.7 Å². The van der Waals surface area contributed by atoms with Crippen LogP contribution in [0.15, 0.2) is 28.3 Å². The zero-order valence-electron chi connectivity index (χ0n) is 18.5. The maximum atomic E-state index is 12.6. The Morgan fingerprint density at radius 2 is 2.00 bits per heavy atom. The van der Waals surface area contributed by atoms with Gasteiger partial charge in [-0.2, -0.15) is 5.26 Å². The number of hydrogen-bond acceptors (Lipinski definition) is 7. The SMILES string of the molecule is Cc1c(C#N)c(NC(=O)COC(=O)C2=CN3CCS(=O)(=O)N=C3C=C2)n(C2CCCC2)c1C. The summed E-state index contributed by atoms with van der Waals surface area (Å²) in [5.74, 6) is -0.714. The Balaban J connectivity index is 1.43. The number of hydrogen-bond donors (Lipinski definition) is 1. The first-order chi connectivity index (χ1) is 15.7. The van der Waals surface area contributed by atoms with Crippen molar-refractivity contribution >= 4 is 33.6 Å². The highest BCUT2D eigenvalue weighted by Gasteiger charge is 2.28. The molecule has 0 spiro atoms. The van der Waals surface area contributed by atoms with E-state index in [0.717, 1.165) is 36.9 Å². The average Bonchev–Trinajstić information content (AvgIpc) is 3.38. The fraction of sp³-hybridized carbons (Fsp3) is 0.455. The Kier molecular flexibility index (Phi) is 6.12. The van der Waals surface area contributed by atoms with Crippen LogP contribution >= 0.6 is 0 Å². The molecule has 1 aromatic heterocycles. The highest BCUT2D eigenvalue weighted by atomic mass is 32.2. The number of aromatic nitrogens is 1. The van der Waals surface area contributed by atoms with E-state index in [1.807, 2.05) is 18.4 Å². The van der Waals surface area contributed by atoms with E-state index >= 15 is 0 Å². The molecule has 1 amide bonds. The van der Waals surface area contributed by atoms with Crippen molar-refractivity contribution in [1.29, 1.82) is 5.26 Å². The van der Waals surface area contributed by atoms with Gasteiger partial charge < -0.3 is 19.5 Å². The molecule has 1 aliphatic carbocycles. The first kappa shape index (κ1) is 22.8. The van der Waals surface area contributed by atoms with Gasteiger partial charge >= 0.3 is 5.97 Å². The summed E-state index contributed by atoms with van der Waals surface area (Å²) in [6, 6.07) is 2.41. The lowest BCUT2D eigenvalue weighted by Crippen LogP contribution is -2.37. The molecular weight excluding hydrogens is 446 g/mol. The minimum Gasteiger partial charge on any atom is -0.452 e. The number of sulfonamides is 1. The van der Waals surface area contributed by atoms with E-state index in [0.29, 0.717) is 11.4 Å². The van der Waals surface area contributed by atoms with Crippen LogP contribution < -0.4 is 5.32 Å². The third-order valence-corrected chi connectivity index (χ3v) is 7.37. The highest BCUT2D eigenvalue weighted by Crippen LogP contribution is 2.37. The largest absolute Gasteiger partial charge is 0.452 e. The second-order valence-electron chi connectivity index (χ2n) is 8.33. The van der Waals surface area contributed by atoms with E-state index in [1.54, 1.807) is 4.90 Å². The Labute approximate surface area is 192 Å². The summed E-state index contributed by atoms with van der Waals surface area (Å²) in [4.78, 5) is 26.6. The fourth-order valence-electron chi connectivity index (χ4n) is 4.41. The van der Waals surface area contributed by atoms with Crippen LogP contribution in [-0.2, 0) is 24.3 Å². The van der Waals surface area contributed by atoms with Crippen LogP contribution in [0.5, 0.6) is 0 Å². The molecule has 1 aromatic rings. The number of carbonyl (C=O) groups is 2. The molecule has 3 heterocycles. The lowest BCUT2D eigenvalue weighted by Gasteiger charge is -2.26. The van der Waals surface area contributed by atoms with Crippen molar-refractivity contribution in [2.75, 3.05) is 24.2 Å². The summed E-state index contributed by atoms with van der Waals surface area (Å²) in [7, 11) is -3.49. The van der Waals surface area contributed by atoms with Crippen LogP contribution in [0.1, 0.15) is 48.5 Å². The molecule has 0 bridgehead atoms. The number of nitriles is 1. The molecule has 10 nitrogen and oxygen atoms in total. The van der Waals surface area contributed by atoms with Gasteiger partial charge in [-0.15, -0.1) is 4.40 Å². The number of amidine groups is 1. The summed E-state index contributed by atoms with van der Waals surface area (Å²) < 4.78 is 34.0.